The first kappa shape index (κ1) is 20.3. The fraction of sp³-hybridized carbons (Fsp3) is 0.682. The molecule has 5 nitrogen and oxygen atoms in total. The molecule has 0 atom stereocenters. The monoisotopic (exact) mass is 373 g/mol. The molecule has 2 aliphatic rings. The lowest BCUT2D eigenvalue weighted by Crippen LogP contribution is -2.54. The van der Waals surface area contributed by atoms with Gasteiger partial charge < -0.3 is 15.4 Å². The Morgan fingerprint density at radius 3 is 2.52 bits per heavy atom. The van der Waals surface area contributed by atoms with E-state index in [4.69, 9.17) is 4.74 Å². The van der Waals surface area contributed by atoms with Crippen LogP contribution in [0.25, 0.3) is 0 Å². The van der Waals surface area contributed by atoms with E-state index in [1.165, 1.54) is 43.2 Å². The summed E-state index contributed by atoms with van der Waals surface area (Å²) in [6, 6.07) is 9.16. The Hall–Kier alpha value is -1.43. The molecule has 0 bridgehead atoms. The van der Waals surface area contributed by atoms with Crippen molar-refractivity contribution in [1.29, 1.82) is 0 Å². The van der Waals surface area contributed by atoms with Crippen LogP contribution in [0.1, 0.15) is 56.1 Å². The van der Waals surface area contributed by atoms with Gasteiger partial charge in [-0.25, -0.2) is 0 Å². The fourth-order valence-corrected chi connectivity index (χ4v) is 4.49. The topological polar surface area (TPSA) is 53.6 Å². The summed E-state index contributed by atoms with van der Waals surface area (Å²) in [7, 11) is 3.89. The average molecular weight is 374 g/mol. The summed E-state index contributed by atoms with van der Waals surface area (Å²) < 4.78 is 5.64. The van der Waals surface area contributed by atoms with Crippen molar-refractivity contribution >= 4 is 5.91 Å². The molecule has 1 aromatic rings. The number of benzene rings is 1. The smallest absolute Gasteiger partial charge is 0.252 e. The van der Waals surface area contributed by atoms with Crippen LogP contribution in [0.5, 0.6) is 0 Å². The van der Waals surface area contributed by atoms with Crippen molar-refractivity contribution < 1.29 is 9.53 Å². The van der Waals surface area contributed by atoms with Crippen molar-refractivity contribution in [3.63, 3.8) is 0 Å². The Labute approximate surface area is 163 Å². The van der Waals surface area contributed by atoms with Crippen molar-refractivity contribution in [3.8, 4) is 0 Å². The van der Waals surface area contributed by atoms with E-state index in [1.54, 1.807) is 7.11 Å². The molecule has 1 aliphatic heterocycles. The van der Waals surface area contributed by atoms with Crippen molar-refractivity contribution in [2.75, 3.05) is 27.2 Å². The van der Waals surface area contributed by atoms with E-state index >= 15 is 0 Å². The molecular weight excluding hydrogens is 338 g/mol. The summed E-state index contributed by atoms with van der Waals surface area (Å²) in [5.41, 5.74) is 1.83. The normalized spacial score (nSPS) is 20.6. The molecule has 5 heteroatoms. The number of nitrogens with one attached hydrogen (secondary N) is 2. The van der Waals surface area contributed by atoms with Gasteiger partial charge in [0.05, 0.1) is 0 Å². The standard InChI is InChI=1S/C22H35N3O2/c1-25(20-10-4-3-5-11-20)17-19-9-7-6-8-18(19)16-24-21(26)22(27-2)12-14-23-15-13-22/h6-9,20,23H,3-5,10-17H2,1-2H3,(H,24,26). The van der Waals surface area contributed by atoms with Gasteiger partial charge in [0.15, 0.2) is 0 Å². The van der Waals surface area contributed by atoms with Crippen LogP contribution < -0.4 is 10.6 Å². The molecule has 1 aromatic carbocycles. The molecule has 0 spiro atoms. The number of carbonyl (C=O) groups excluding carboxylic acids is 1. The predicted molar refractivity (Wildman–Crippen MR) is 108 cm³/mol. The van der Waals surface area contributed by atoms with E-state index in [9.17, 15) is 4.79 Å². The van der Waals surface area contributed by atoms with Crippen molar-refractivity contribution in [1.82, 2.24) is 15.5 Å². The van der Waals surface area contributed by atoms with Crippen molar-refractivity contribution in [2.45, 2.75) is 69.7 Å². The molecule has 27 heavy (non-hydrogen) atoms. The highest BCUT2D eigenvalue weighted by Crippen LogP contribution is 2.25. The van der Waals surface area contributed by atoms with Gasteiger partial charge in [0, 0.05) is 26.2 Å². The van der Waals surface area contributed by atoms with E-state index in [0.717, 1.165) is 32.5 Å². The van der Waals surface area contributed by atoms with Crippen LogP contribution >= 0.6 is 0 Å². The average Bonchev–Trinajstić information content (AvgIpc) is 2.74. The molecule has 0 unspecified atom stereocenters. The molecule has 1 saturated carbocycles. The third kappa shape index (κ3) is 5.09. The Kier molecular flexibility index (Phi) is 7.27. The Bertz CT molecular complexity index is 607. The molecule has 1 saturated heterocycles. The molecule has 2 N–H and O–H groups in total. The molecule has 2 fully saturated rings. The lowest BCUT2D eigenvalue weighted by Gasteiger charge is -2.35. The Morgan fingerprint density at radius 2 is 1.85 bits per heavy atom. The van der Waals surface area contributed by atoms with Crippen molar-refractivity contribution in [2.24, 2.45) is 0 Å². The molecule has 150 valence electrons. The van der Waals surface area contributed by atoms with E-state index < -0.39 is 5.60 Å². The first-order valence-electron chi connectivity index (χ1n) is 10.5. The Morgan fingerprint density at radius 1 is 1.19 bits per heavy atom. The molecule has 1 aliphatic carbocycles. The summed E-state index contributed by atoms with van der Waals surface area (Å²) in [6.45, 7) is 3.15. The van der Waals surface area contributed by atoms with Crippen LogP contribution in [-0.2, 0) is 22.6 Å². The third-order valence-electron chi connectivity index (χ3n) is 6.39. The zero-order valence-corrected chi connectivity index (χ0v) is 16.9. The van der Waals surface area contributed by atoms with Gasteiger partial charge in [0.25, 0.3) is 5.91 Å². The van der Waals surface area contributed by atoms with Crippen LogP contribution in [0.4, 0.5) is 0 Å². The zero-order valence-electron chi connectivity index (χ0n) is 16.9. The SMILES string of the molecule is COC1(C(=O)NCc2ccccc2CN(C)C2CCCCC2)CCNCC1. The summed E-state index contributed by atoms with van der Waals surface area (Å²) in [5, 5.41) is 6.44. The number of methoxy groups -OCH3 is 1. The van der Waals surface area contributed by atoms with E-state index in [2.05, 4.69) is 46.8 Å². The molecule has 0 aromatic heterocycles. The molecular formula is C22H35N3O2. The lowest BCUT2D eigenvalue weighted by molar-refractivity contribution is -0.146. The molecule has 3 rings (SSSR count). The fourth-order valence-electron chi connectivity index (χ4n) is 4.49. The Balaban J connectivity index is 1.61. The van der Waals surface area contributed by atoms with Gasteiger partial charge in [0.2, 0.25) is 0 Å². The van der Waals surface area contributed by atoms with Gasteiger partial charge in [-0.15, -0.1) is 0 Å². The van der Waals surface area contributed by atoms with Gasteiger partial charge in [-0.1, -0.05) is 43.5 Å². The summed E-state index contributed by atoms with van der Waals surface area (Å²) in [5.74, 6) is 0.0157. The number of carbonyl (C=O) groups is 1. The number of rotatable bonds is 7. The second kappa shape index (κ2) is 9.67. The highest BCUT2D eigenvalue weighted by Gasteiger charge is 2.39. The van der Waals surface area contributed by atoms with Crippen LogP contribution in [0.3, 0.4) is 0 Å². The first-order valence-corrected chi connectivity index (χ1v) is 10.5. The maximum Gasteiger partial charge on any atom is 0.252 e. The summed E-state index contributed by atoms with van der Waals surface area (Å²) in [6.07, 6.45) is 8.13. The predicted octanol–water partition coefficient (Wildman–Crippen LogP) is 2.84. The largest absolute Gasteiger partial charge is 0.368 e. The zero-order chi connectivity index (χ0) is 19.1. The van der Waals surface area contributed by atoms with Gasteiger partial charge >= 0.3 is 0 Å². The number of amides is 1. The number of hydrogen-bond acceptors (Lipinski definition) is 4. The van der Waals surface area contributed by atoms with E-state index in [0.29, 0.717) is 12.6 Å². The third-order valence-corrected chi connectivity index (χ3v) is 6.39. The van der Waals surface area contributed by atoms with E-state index in [1.807, 2.05) is 0 Å². The second-order valence-corrected chi connectivity index (χ2v) is 8.11. The van der Waals surface area contributed by atoms with Crippen LogP contribution in [-0.4, -0.2) is 49.7 Å². The molecule has 0 radical (unpaired) electrons. The maximum atomic E-state index is 12.8. The van der Waals surface area contributed by atoms with Crippen molar-refractivity contribution in [3.05, 3.63) is 35.4 Å². The highest BCUT2D eigenvalue weighted by atomic mass is 16.5. The minimum atomic E-state index is -0.681. The molecule has 1 amide bonds. The van der Waals surface area contributed by atoms with Gasteiger partial charge in [-0.2, -0.15) is 0 Å². The number of nitrogens with zero attached hydrogens (tertiary/aromatic N) is 1. The summed E-state index contributed by atoms with van der Waals surface area (Å²) >= 11 is 0. The number of hydrogen-bond donors (Lipinski definition) is 2. The number of ether oxygens (including phenoxy) is 1. The minimum Gasteiger partial charge on any atom is -0.368 e. The minimum absolute atomic E-state index is 0.0157. The van der Waals surface area contributed by atoms with Gasteiger partial charge in [-0.3, -0.25) is 9.69 Å². The lowest BCUT2D eigenvalue weighted by atomic mass is 9.91. The quantitative estimate of drug-likeness (QED) is 0.772. The van der Waals surface area contributed by atoms with Gasteiger partial charge in [-0.05, 0) is 56.9 Å². The van der Waals surface area contributed by atoms with Gasteiger partial charge in [0.1, 0.15) is 5.60 Å². The number of piperidine rings is 1. The summed E-state index contributed by atoms with van der Waals surface area (Å²) in [4.78, 5) is 15.3. The second-order valence-electron chi connectivity index (χ2n) is 8.11. The maximum absolute atomic E-state index is 12.8. The van der Waals surface area contributed by atoms with E-state index in [-0.39, 0.29) is 5.91 Å². The van der Waals surface area contributed by atoms with Crippen LogP contribution in [0, 0.1) is 0 Å². The first-order chi connectivity index (χ1) is 13.1. The van der Waals surface area contributed by atoms with Crippen LogP contribution in [0.2, 0.25) is 0 Å². The molecule has 1 heterocycles. The highest BCUT2D eigenvalue weighted by molar-refractivity contribution is 5.85. The van der Waals surface area contributed by atoms with Crippen LogP contribution in [0.15, 0.2) is 24.3 Å².